The maximum Gasteiger partial charge on any atom is 0.262 e. The van der Waals surface area contributed by atoms with Crippen molar-refractivity contribution in [2.24, 2.45) is 0 Å². The van der Waals surface area contributed by atoms with Gasteiger partial charge in [0.2, 0.25) is 0 Å². The molecule has 3 aromatic carbocycles. The molecule has 0 aliphatic rings. The van der Waals surface area contributed by atoms with Crippen LogP contribution in [0.3, 0.4) is 0 Å². The average Bonchev–Trinajstić information content (AvgIpc) is 2.68. The molecule has 0 unspecified atom stereocenters. The third kappa shape index (κ3) is 5.91. The molecule has 0 aliphatic carbocycles. The Morgan fingerprint density at radius 1 is 1.00 bits per heavy atom. The quantitative estimate of drug-likeness (QED) is 0.503. The minimum atomic E-state index is -0.208. The highest BCUT2D eigenvalue weighted by Gasteiger charge is 2.05. The highest BCUT2D eigenvalue weighted by atomic mass is 35.5. The third-order valence-corrected chi connectivity index (χ3v) is 4.57. The van der Waals surface area contributed by atoms with Gasteiger partial charge in [0.05, 0.1) is 10.7 Å². The summed E-state index contributed by atoms with van der Waals surface area (Å²) in [5.41, 5.74) is 3.69. The zero-order chi connectivity index (χ0) is 19.9. The minimum Gasteiger partial charge on any atom is -0.484 e. The molecule has 144 valence electrons. The fourth-order valence-corrected chi connectivity index (χ4v) is 3.03. The van der Waals surface area contributed by atoms with E-state index in [-0.39, 0.29) is 12.5 Å². The van der Waals surface area contributed by atoms with Crippen molar-refractivity contribution in [2.45, 2.75) is 13.5 Å². The predicted octanol–water partition coefficient (Wildman–Crippen LogP) is 5.93. The van der Waals surface area contributed by atoms with Gasteiger partial charge in [-0.2, -0.15) is 0 Å². The third-order valence-electron chi connectivity index (χ3n) is 4.02. The van der Waals surface area contributed by atoms with Gasteiger partial charge in [-0.15, -0.1) is 0 Å². The molecular formula is C22H20Cl2N2O2. The summed E-state index contributed by atoms with van der Waals surface area (Å²) in [6.45, 7) is 2.50. The second-order valence-electron chi connectivity index (χ2n) is 6.33. The number of carbonyl (C=O) groups excluding carboxylic acids is 1. The smallest absolute Gasteiger partial charge is 0.262 e. The number of aryl methyl sites for hydroxylation is 1. The summed E-state index contributed by atoms with van der Waals surface area (Å²) in [6, 6.07) is 20.5. The molecule has 28 heavy (non-hydrogen) atoms. The number of carbonyl (C=O) groups is 1. The largest absolute Gasteiger partial charge is 0.484 e. The van der Waals surface area contributed by atoms with Gasteiger partial charge in [0.25, 0.3) is 5.91 Å². The number of ether oxygens (including phenoxy) is 1. The minimum absolute atomic E-state index is 0.0617. The number of hydrogen-bond acceptors (Lipinski definition) is 3. The fourth-order valence-electron chi connectivity index (χ4n) is 2.56. The first kappa shape index (κ1) is 20.1. The van der Waals surface area contributed by atoms with Gasteiger partial charge in [0.15, 0.2) is 6.61 Å². The van der Waals surface area contributed by atoms with Crippen LogP contribution in [0.15, 0.2) is 66.7 Å². The van der Waals surface area contributed by atoms with Crippen LogP contribution >= 0.6 is 23.2 Å². The zero-order valence-corrected chi connectivity index (χ0v) is 16.8. The topological polar surface area (TPSA) is 50.4 Å². The van der Waals surface area contributed by atoms with Gasteiger partial charge < -0.3 is 15.4 Å². The van der Waals surface area contributed by atoms with Crippen molar-refractivity contribution in [3.8, 4) is 5.75 Å². The lowest BCUT2D eigenvalue weighted by atomic mass is 10.2. The Labute approximate surface area is 174 Å². The van der Waals surface area contributed by atoms with E-state index < -0.39 is 0 Å². The number of anilines is 2. The van der Waals surface area contributed by atoms with Gasteiger partial charge in [-0.25, -0.2) is 0 Å². The lowest BCUT2D eigenvalue weighted by Crippen LogP contribution is -2.20. The van der Waals surface area contributed by atoms with Crippen molar-refractivity contribution in [2.75, 3.05) is 17.2 Å². The number of benzene rings is 3. The Morgan fingerprint density at radius 3 is 2.54 bits per heavy atom. The molecule has 1 amide bonds. The van der Waals surface area contributed by atoms with Gasteiger partial charge >= 0.3 is 0 Å². The van der Waals surface area contributed by atoms with Crippen molar-refractivity contribution < 1.29 is 9.53 Å². The highest BCUT2D eigenvalue weighted by Crippen LogP contribution is 2.26. The molecule has 0 atom stereocenters. The standard InChI is InChI=1S/C22H20Cl2N2O2/c1-15-5-8-18(9-6-15)26-22(27)14-28-19-4-2-3-16(11-19)13-25-21-10-7-17(23)12-20(21)24/h2-12,25H,13-14H2,1H3,(H,26,27). The van der Waals surface area contributed by atoms with E-state index >= 15 is 0 Å². The molecule has 0 heterocycles. The van der Waals surface area contributed by atoms with Crippen LogP contribution in [0.2, 0.25) is 10.0 Å². The number of halogens is 2. The molecule has 0 aliphatic heterocycles. The summed E-state index contributed by atoms with van der Waals surface area (Å²) in [6.07, 6.45) is 0. The van der Waals surface area contributed by atoms with Crippen LogP contribution in [0, 0.1) is 6.92 Å². The number of rotatable bonds is 7. The second-order valence-corrected chi connectivity index (χ2v) is 7.17. The predicted molar refractivity (Wildman–Crippen MR) is 116 cm³/mol. The maximum absolute atomic E-state index is 12.1. The molecule has 0 aromatic heterocycles. The number of hydrogen-bond donors (Lipinski definition) is 2. The van der Waals surface area contributed by atoms with E-state index in [2.05, 4.69) is 10.6 Å². The monoisotopic (exact) mass is 414 g/mol. The summed E-state index contributed by atoms with van der Waals surface area (Å²) in [5.74, 6) is 0.417. The molecule has 0 spiro atoms. The molecule has 6 heteroatoms. The van der Waals surface area contributed by atoms with Gasteiger partial charge in [0, 0.05) is 17.3 Å². The summed E-state index contributed by atoms with van der Waals surface area (Å²) in [4.78, 5) is 12.1. The van der Waals surface area contributed by atoms with Gasteiger partial charge in [0.1, 0.15) is 5.75 Å². The van der Waals surface area contributed by atoms with E-state index in [0.29, 0.717) is 22.3 Å². The Morgan fingerprint density at radius 2 is 1.79 bits per heavy atom. The molecule has 0 saturated carbocycles. The normalized spacial score (nSPS) is 10.4. The molecule has 3 rings (SSSR count). The van der Waals surface area contributed by atoms with Gasteiger partial charge in [-0.3, -0.25) is 4.79 Å². The maximum atomic E-state index is 12.1. The molecule has 4 nitrogen and oxygen atoms in total. The van der Waals surface area contributed by atoms with E-state index in [9.17, 15) is 4.79 Å². The average molecular weight is 415 g/mol. The Bertz CT molecular complexity index is 959. The molecular weight excluding hydrogens is 395 g/mol. The molecule has 0 radical (unpaired) electrons. The van der Waals surface area contributed by atoms with Crippen LogP contribution in [0.1, 0.15) is 11.1 Å². The van der Waals surface area contributed by atoms with Crippen molar-refractivity contribution >= 4 is 40.5 Å². The number of amides is 1. The van der Waals surface area contributed by atoms with Crippen LogP contribution in [-0.4, -0.2) is 12.5 Å². The van der Waals surface area contributed by atoms with Crippen LogP contribution in [0.25, 0.3) is 0 Å². The first-order valence-corrected chi connectivity index (χ1v) is 9.52. The van der Waals surface area contributed by atoms with Gasteiger partial charge in [-0.1, -0.05) is 53.0 Å². The van der Waals surface area contributed by atoms with Crippen molar-refractivity contribution in [3.05, 3.63) is 87.9 Å². The van der Waals surface area contributed by atoms with Crippen molar-refractivity contribution in [1.29, 1.82) is 0 Å². The van der Waals surface area contributed by atoms with Gasteiger partial charge in [-0.05, 0) is 55.0 Å². The summed E-state index contributed by atoms with van der Waals surface area (Å²) in [5, 5.41) is 7.23. The Hall–Kier alpha value is -2.69. The van der Waals surface area contributed by atoms with E-state index in [1.807, 2.05) is 61.5 Å². The van der Waals surface area contributed by atoms with Crippen molar-refractivity contribution in [3.63, 3.8) is 0 Å². The van der Waals surface area contributed by atoms with Crippen LogP contribution in [0.5, 0.6) is 5.75 Å². The fraction of sp³-hybridized carbons (Fsp3) is 0.136. The first-order chi connectivity index (χ1) is 13.5. The van der Waals surface area contributed by atoms with Crippen LogP contribution in [0.4, 0.5) is 11.4 Å². The van der Waals surface area contributed by atoms with Crippen molar-refractivity contribution in [1.82, 2.24) is 0 Å². The highest BCUT2D eigenvalue weighted by molar-refractivity contribution is 6.36. The van der Waals surface area contributed by atoms with E-state index in [1.54, 1.807) is 12.1 Å². The molecule has 0 bridgehead atoms. The molecule has 2 N–H and O–H groups in total. The number of nitrogens with one attached hydrogen (secondary N) is 2. The molecule has 0 fully saturated rings. The summed E-state index contributed by atoms with van der Waals surface area (Å²) < 4.78 is 5.61. The second kappa shape index (κ2) is 9.49. The Balaban J connectivity index is 1.52. The van der Waals surface area contributed by atoms with E-state index in [1.165, 1.54) is 0 Å². The van der Waals surface area contributed by atoms with E-state index in [4.69, 9.17) is 27.9 Å². The molecule has 3 aromatic rings. The summed E-state index contributed by atoms with van der Waals surface area (Å²) >= 11 is 12.1. The zero-order valence-electron chi connectivity index (χ0n) is 15.3. The Kier molecular flexibility index (Phi) is 6.80. The van der Waals surface area contributed by atoms with Crippen LogP contribution < -0.4 is 15.4 Å². The summed E-state index contributed by atoms with van der Waals surface area (Å²) in [7, 11) is 0. The first-order valence-electron chi connectivity index (χ1n) is 8.77. The molecule has 0 saturated heterocycles. The SMILES string of the molecule is Cc1ccc(NC(=O)COc2cccc(CNc3ccc(Cl)cc3Cl)c2)cc1. The lowest BCUT2D eigenvalue weighted by Gasteiger charge is -2.11. The van der Waals surface area contributed by atoms with Crippen LogP contribution in [-0.2, 0) is 11.3 Å². The van der Waals surface area contributed by atoms with E-state index in [0.717, 1.165) is 22.5 Å². The lowest BCUT2D eigenvalue weighted by molar-refractivity contribution is -0.118.